The number of amides is 1. The fraction of sp³-hybridized carbons (Fsp3) is 0.417. The first-order valence-electron chi connectivity index (χ1n) is 10.5. The van der Waals surface area contributed by atoms with Gasteiger partial charge in [-0.05, 0) is 55.0 Å². The Labute approximate surface area is 172 Å². The maximum Gasteiger partial charge on any atom is 0.335 e. The first-order chi connectivity index (χ1) is 14.1. The molecule has 0 aromatic heterocycles. The van der Waals surface area contributed by atoms with Gasteiger partial charge >= 0.3 is 5.97 Å². The van der Waals surface area contributed by atoms with E-state index in [0.29, 0.717) is 0 Å². The van der Waals surface area contributed by atoms with E-state index in [1.54, 1.807) is 24.3 Å². The number of benzene rings is 2. The second kappa shape index (κ2) is 10.1. The highest BCUT2D eigenvalue weighted by molar-refractivity contribution is 5.87. The molecule has 0 radical (unpaired) electrons. The molecule has 1 aliphatic rings. The number of hydrogen-bond donors (Lipinski definition) is 2. The van der Waals surface area contributed by atoms with Crippen LogP contribution in [0.25, 0.3) is 0 Å². The van der Waals surface area contributed by atoms with Crippen LogP contribution in [0, 0.1) is 0 Å². The molecule has 0 aliphatic carbocycles. The summed E-state index contributed by atoms with van der Waals surface area (Å²) in [6.45, 7) is 4.27. The Kier molecular flexibility index (Phi) is 7.28. The van der Waals surface area contributed by atoms with Gasteiger partial charge in [0.1, 0.15) is 0 Å². The van der Waals surface area contributed by atoms with Gasteiger partial charge < -0.3 is 15.3 Å². The molecule has 1 saturated heterocycles. The summed E-state index contributed by atoms with van der Waals surface area (Å²) in [5, 5.41) is 12.2. The van der Waals surface area contributed by atoms with Crippen molar-refractivity contribution in [1.82, 2.24) is 5.32 Å². The molecule has 1 amide bonds. The maximum atomic E-state index is 12.7. The highest BCUT2D eigenvalue weighted by atomic mass is 16.4. The SMILES string of the molecule is CCC[C@H](NC(=O)Cc1ccc(C(=O)O)cc1)c1ccccc1N1CCCCC1. The number of rotatable bonds is 8. The van der Waals surface area contributed by atoms with Crippen LogP contribution >= 0.6 is 0 Å². The van der Waals surface area contributed by atoms with Crippen molar-refractivity contribution in [1.29, 1.82) is 0 Å². The largest absolute Gasteiger partial charge is 0.478 e. The third-order valence-electron chi connectivity index (χ3n) is 5.49. The molecule has 1 aliphatic heterocycles. The van der Waals surface area contributed by atoms with Gasteiger partial charge in [0, 0.05) is 18.8 Å². The fourth-order valence-electron chi connectivity index (χ4n) is 4.00. The van der Waals surface area contributed by atoms with Crippen LogP contribution in [-0.4, -0.2) is 30.1 Å². The number of nitrogens with one attached hydrogen (secondary N) is 1. The molecular weight excluding hydrogens is 364 g/mol. The number of aromatic carboxylic acids is 1. The number of nitrogens with zero attached hydrogens (tertiary/aromatic N) is 1. The van der Waals surface area contributed by atoms with Crippen molar-refractivity contribution in [2.45, 2.75) is 51.5 Å². The molecule has 0 unspecified atom stereocenters. The lowest BCUT2D eigenvalue weighted by Crippen LogP contribution is -2.34. The average molecular weight is 395 g/mol. The molecule has 5 heteroatoms. The van der Waals surface area contributed by atoms with Gasteiger partial charge in [-0.15, -0.1) is 0 Å². The summed E-state index contributed by atoms with van der Waals surface area (Å²) in [5.41, 5.74) is 3.46. The smallest absolute Gasteiger partial charge is 0.335 e. The summed E-state index contributed by atoms with van der Waals surface area (Å²) in [6, 6.07) is 14.9. The zero-order chi connectivity index (χ0) is 20.6. The lowest BCUT2D eigenvalue weighted by atomic mass is 9.98. The predicted molar refractivity (Wildman–Crippen MR) is 115 cm³/mol. The van der Waals surface area contributed by atoms with E-state index in [2.05, 4.69) is 35.3 Å². The number of carboxylic acids is 1. The van der Waals surface area contributed by atoms with Crippen LogP contribution in [-0.2, 0) is 11.2 Å². The quantitative estimate of drug-likeness (QED) is 0.688. The molecule has 29 heavy (non-hydrogen) atoms. The lowest BCUT2D eigenvalue weighted by Gasteiger charge is -2.32. The molecule has 1 atom stereocenters. The van der Waals surface area contributed by atoms with Gasteiger partial charge in [0.05, 0.1) is 18.0 Å². The summed E-state index contributed by atoms with van der Waals surface area (Å²) in [7, 11) is 0. The molecule has 1 fully saturated rings. The predicted octanol–water partition coefficient (Wildman–Crippen LogP) is 4.58. The zero-order valence-corrected chi connectivity index (χ0v) is 17.1. The number of carbonyl (C=O) groups is 2. The van der Waals surface area contributed by atoms with Crippen LogP contribution in [0.15, 0.2) is 48.5 Å². The second-order valence-electron chi connectivity index (χ2n) is 7.69. The maximum absolute atomic E-state index is 12.7. The van der Waals surface area contributed by atoms with E-state index in [0.717, 1.165) is 31.5 Å². The van der Waals surface area contributed by atoms with E-state index < -0.39 is 5.97 Å². The number of para-hydroxylation sites is 1. The van der Waals surface area contributed by atoms with E-state index in [-0.39, 0.29) is 23.9 Å². The third kappa shape index (κ3) is 5.59. The first-order valence-corrected chi connectivity index (χ1v) is 10.5. The third-order valence-corrected chi connectivity index (χ3v) is 5.49. The van der Waals surface area contributed by atoms with Crippen LogP contribution in [0.3, 0.4) is 0 Å². The topological polar surface area (TPSA) is 69.6 Å². The van der Waals surface area contributed by atoms with Crippen molar-refractivity contribution >= 4 is 17.6 Å². The van der Waals surface area contributed by atoms with Gasteiger partial charge in [-0.3, -0.25) is 4.79 Å². The second-order valence-corrected chi connectivity index (χ2v) is 7.69. The molecule has 2 aromatic carbocycles. The van der Waals surface area contributed by atoms with Gasteiger partial charge in [-0.2, -0.15) is 0 Å². The van der Waals surface area contributed by atoms with Crippen molar-refractivity contribution in [3.8, 4) is 0 Å². The van der Waals surface area contributed by atoms with Crippen LogP contribution in [0.5, 0.6) is 0 Å². The van der Waals surface area contributed by atoms with Crippen molar-refractivity contribution in [3.05, 3.63) is 65.2 Å². The molecule has 0 saturated carbocycles. The summed E-state index contributed by atoms with van der Waals surface area (Å²) >= 11 is 0. The Morgan fingerprint density at radius 3 is 2.38 bits per heavy atom. The number of carboxylic acid groups (broad SMARTS) is 1. The molecule has 0 spiro atoms. The first kappa shape index (κ1) is 20.9. The molecular formula is C24H30N2O3. The van der Waals surface area contributed by atoms with Crippen molar-refractivity contribution in [3.63, 3.8) is 0 Å². The summed E-state index contributed by atoms with van der Waals surface area (Å²) in [4.78, 5) is 26.2. The van der Waals surface area contributed by atoms with Crippen LogP contribution in [0.1, 0.15) is 66.6 Å². The Morgan fingerprint density at radius 1 is 1.03 bits per heavy atom. The average Bonchev–Trinajstić information content (AvgIpc) is 2.74. The van der Waals surface area contributed by atoms with Gasteiger partial charge in [-0.25, -0.2) is 4.79 Å². The number of hydrogen-bond acceptors (Lipinski definition) is 3. The number of anilines is 1. The minimum Gasteiger partial charge on any atom is -0.478 e. The van der Waals surface area contributed by atoms with Gasteiger partial charge in [0.25, 0.3) is 0 Å². The summed E-state index contributed by atoms with van der Waals surface area (Å²) in [5.74, 6) is -1.00. The van der Waals surface area contributed by atoms with E-state index in [1.165, 1.54) is 30.5 Å². The minimum absolute atomic E-state index is 0.0241. The van der Waals surface area contributed by atoms with Crippen molar-refractivity contribution < 1.29 is 14.7 Å². The highest BCUT2D eigenvalue weighted by Gasteiger charge is 2.21. The van der Waals surface area contributed by atoms with Crippen molar-refractivity contribution in [2.75, 3.05) is 18.0 Å². The fourth-order valence-corrected chi connectivity index (χ4v) is 4.00. The number of piperidine rings is 1. The Hall–Kier alpha value is -2.82. The molecule has 0 bridgehead atoms. The molecule has 154 valence electrons. The Bertz CT molecular complexity index is 826. The highest BCUT2D eigenvalue weighted by Crippen LogP contribution is 2.31. The van der Waals surface area contributed by atoms with Gasteiger partial charge in [-0.1, -0.05) is 43.7 Å². The monoisotopic (exact) mass is 394 g/mol. The van der Waals surface area contributed by atoms with E-state index >= 15 is 0 Å². The summed E-state index contributed by atoms with van der Waals surface area (Å²) < 4.78 is 0. The van der Waals surface area contributed by atoms with Gasteiger partial charge in [0.15, 0.2) is 0 Å². The molecule has 5 nitrogen and oxygen atoms in total. The summed E-state index contributed by atoms with van der Waals surface area (Å²) in [6.07, 6.45) is 5.82. The van der Waals surface area contributed by atoms with E-state index in [1.807, 2.05) is 6.07 Å². The zero-order valence-electron chi connectivity index (χ0n) is 17.1. The Morgan fingerprint density at radius 2 is 1.72 bits per heavy atom. The normalized spacial score (nSPS) is 15.0. The molecule has 1 heterocycles. The molecule has 2 aromatic rings. The van der Waals surface area contributed by atoms with E-state index in [4.69, 9.17) is 5.11 Å². The van der Waals surface area contributed by atoms with E-state index in [9.17, 15) is 9.59 Å². The molecule has 3 rings (SSSR count). The standard InChI is InChI=1S/C24H30N2O3/c1-2-8-21(20-9-4-5-10-22(20)26-15-6-3-7-16-26)25-23(27)17-18-11-13-19(14-12-18)24(28)29/h4-5,9-14,21H,2-3,6-8,15-17H2,1H3,(H,25,27)(H,28,29)/t21-/m0/s1. The van der Waals surface area contributed by atoms with Crippen LogP contribution in [0.2, 0.25) is 0 Å². The molecule has 2 N–H and O–H groups in total. The van der Waals surface area contributed by atoms with Crippen LogP contribution in [0.4, 0.5) is 5.69 Å². The van der Waals surface area contributed by atoms with Crippen LogP contribution < -0.4 is 10.2 Å². The van der Waals surface area contributed by atoms with Gasteiger partial charge in [0.2, 0.25) is 5.91 Å². The minimum atomic E-state index is -0.960. The van der Waals surface area contributed by atoms with Crippen molar-refractivity contribution in [2.24, 2.45) is 0 Å². The number of carbonyl (C=O) groups excluding carboxylic acids is 1. The lowest BCUT2D eigenvalue weighted by molar-refractivity contribution is -0.121. The Balaban J connectivity index is 1.73.